The van der Waals surface area contributed by atoms with Crippen molar-refractivity contribution in [3.8, 4) is 0 Å². The predicted molar refractivity (Wildman–Crippen MR) is 69.8 cm³/mol. The molecule has 1 amide bonds. The Morgan fingerprint density at radius 2 is 2.44 bits per heavy atom. The van der Waals surface area contributed by atoms with Crippen LogP contribution in [0.1, 0.15) is 24.4 Å². The third-order valence-corrected chi connectivity index (χ3v) is 3.42. The number of nitrogens with zero attached hydrogens (tertiary/aromatic N) is 3. The lowest BCUT2D eigenvalue weighted by atomic mass is 10.3. The van der Waals surface area contributed by atoms with Crippen molar-refractivity contribution in [2.45, 2.75) is 26.4 Å². The number of aryl methyl sites for hydroxylation is 1. The maximum absolute atomic E-state index is 11.9. The maximum Gasteiger partial charge on any atom is 0.244 e. The van der Waals surface area contributed by atoms with Gasteiger partial charge in [-0.05, 0) is 35.8 Å². The zero-order valence-corrected chi connectivity index (χ0v) is 11.7. The van der Waals surface area contributed by atoms with Gasteiger partial charge in [0, 0.05) is 12.4 Å². The summed E-state index contributed by atoms with van der Waals surface area (Å²) in [5, 5.41) is 13.7. The van der Waals surface area contributed by atoms with E-state index in [1.165, 1.54) is 0 Å². The Hall–Kier alpha value is -1.63. The number of hydrogen-bond donors (Lipinski definition) is 2. The number of carbonyl (C=O) groups excluding carboxylic acids is 1. The largest absolute Gasteiger partial charge is 0.349 e. The summed E-state index contributed by atoms with van der Waals surface area (Å²) in [5.74, 6) is -0.0837. The first-order valence-corrected chi connectivity index (χ1v) is 6.34. The third-order valence-electron chi connectivity index (χ3n) is 2.64. The molecule has 0 aromatic carbocycles. The van der Waals surface area contributed by atoms with E-state index in [2.05, 4.69) is 36.5 Å². The van der Waals surface area contributed by atoms with Crippen LogP contribution >= 0.6 is 15.9 Å². The molecule has 0 aliphatic heterocycles. The summed E-state index contributed by atoms with van der Waals surface area (Å²) in [7, 11) is 0. The molecule has 0 bridgehead atoms. The molecule has 2 aromatic heterocycles. The van der Waals surface area contributed by atoms with E-state index in [0.717, 1.165) is 15.9 Å². The SMILES string of the molecule is Cc1nn(C(C)C(=O)NCc2ccn[nH]2)cc1Br. The third kappa shape index (κ3) is 2.79. The average Bonchev–Trinajstić information content (AvgIpc) is 2.96. The van der Waals surface area contributed by atoms with Crippen molar-refractivity contribution in [3.63, 3.8) is 0 Å². The molecule has 1 atom stereocenters. The standard InChI is InChI=1S/C11H14BrN5O/c1-7-10(12)6-17(16-7)8(2)11(18)13-5-9-3-4-14-15-9/h3-4,6,8H,5H2,1-2H3,(H,13,18)(H,14,15). The zero-order valence-electron chi connectivity index (χ0n) is 10.1. The molecule has 0 fully saturated rings. The molecule has 1 unspecified atom stereocenters. The molecule has 2 heterocycles. The highest BCUT2D eigenvalue weighted by molar-refractivity contribution is 9.10. The van der Waals surface area contributed by atoms with Crippen LogP contribution in [0, 0.1) is 6.92 Å². The van der Waals surface area contributed by atoms with Crippen LogP contribution in [0.2, 0.25) is 0 Å². The highest BCUT2D eigenvalue weighted by atomic mass is 79.9. The van der Waals surface area contributed by atoms with Crippen LogP contribution < -0.4 is 5.32 Å². The fourth-order valence-electron chi connectivity index (χ4n) is 1.49. The molecule has 6 nitrogen and oxygen atoms in total. The molecule has 18 heavy (non-hydrogen) atoms. The molecule has 2 rings (SSSR count). The van der Waals surface area contributed by atoms with Gasteiger partial charge in [-0.1, -0.05) is 0 Å². The van der Waals surface area contributed by atoms with Crippen LogP contribution in [-0.4, -0.2) is 25.9 Å². The number of amides is 1. The van der Waals surface area contributed by atoms with Gasteiger partial charge in [-0.2, -0.15) is 10.2 Å². The zero-order chi connectivity index (χ0) is 13.1. The predicted octanol–water partition coefficient (Wildman–Crippen LogP) is 1.55. The Bertz CT molecular complexity index is 514. The smallest absolute Gasteiger partial charge is 0.244 e. The molecule has 0 aliphatic carbocycles. The van der Waals surface area contributed by atoms with E-state index in [1.54, 1.807) is 24.0 Å². The van der Waals surface area contributed by atoms with E-state index in [4.69, 9.17) is 0 Å². The van der Waals surface area contributed by atoms with Crippen LogP contribution in [0.5, 0.6) is 0 Å². The Morgan fingerprint density at radius 1 is 1.67 bits per heavy atom. The van der Waals surface area contributed by atoms with E-state index in [0.29, 0.717) is 6.54 Å². The topological polar surface area (TPSA) is 75.6 Å². The molecule has 0 spiro atoms. The number of aromatic nitrogens is 4. The quantitative estimate of drug-likeness (QED) is 0.899. The highest BCUT2D eigenvalue weighted by Gasteiger charge is 2.16. The highest BCUT2D eigenvalue weighted by Crippen LogP contribution is 2.16. The minimum atomic E-state index is -0.349. The first-order chi connectivity index (χ1) is 8.58. The number of carbonyl (C=O) groups is 1. The summed E-state index contributed by atoms with van der Waals surface area (Å²) in [6.45, 7) is 4.13. The molecule has 0 aliphatic rings. The first kappa shape index (κ1) is 12.8. The van der Waals surface area contributed by atoms with Crippen molar-refractivity contribution in [1.29, 1.82) is 0 Å². The Balaban J connectivity index is 1.96. The van der Waals surface area contributed by atoms with Crippen molar-refractivity contribution < 1.29 is 4.79 Å². The molecular formula is C11H14BrN5O. The summed E-state index contributed by atoms with van der Waals surface area (Å²) >= 11 is 3.38. The summed E-state index contributed by atoms with van der Waals surface area (Å²) in [5.41, 5.74) is 1.73. The number of hydrogen-bond acceptors (Lipinski definition) is 3. The van der Waals surface area contributed by atoms with Gasteiger partial charge >= 0.3 is 0 Å². The second-order valence-corrected chi connectivity index (χ2v) is 4.87. The van der Waals surface area contributed by atoms with Crippen molar-refractivity contribution in [1.82, 2.24) is 25.3 Å². The summed E-state index contributed by atoms with van der Waals surface area (Å²) in [6.07, 6.45) is 3.45. The van der Waals surface area contributed by atoms with Crippen LogP contribution in [0.25, 0.3) is 0 Å². The molecule has 0 saturated carbocycles. The summed E-state index contributed by atoms with van der Waals surface area (Å²) in [4.78, 5) is 11.9. The fraction of sp³-hybridized carbons (Fsp3) is 0.364. The Kier molecular flexibility index (Phi) is 3.81. The molecule has 0 saturated heterocycles. The molecule has 7 heteroatoms. The minimum absolute atomic E-state index is 0.0837. The van der Waals surface area contributed by atoms with Gasteiger partial charge in [-0.15, -0.1) is 0 Å². The van der Waals surface area contributed by atoms with Crippen molar-refractivity contribution in [2.24, 2.45) is 0 Å². The van der Waals surface area contributed by atoms with Gasteiger partial charge in [0.25, 0.3) is 0 Å². The van der Waals surface area contributed by atoms with E-state index in [9.17, 15) is 4.79 Å². The number of rotatable bonds is 4. The van der Waals surface area contributed by atoms with Gasteiger partial charge < -0.3 is 5.32 Å². The number of aromatic amines is 1. The fourth-order valence-corrected chi connectivity index (χ4v) is 1.78. The monoisotopic (exact) mass is 311 g/mol. The van der Waals surface area contributed by atoms with E-state index < -0.39 is 0 Å². The number of H-pyrrole nitrogens is 1. The molecular weight excluding hydrogens is 298 g/mol. The molecule has 0 radical (unpaired) electrons. The normalized spacial score (nSPS) is 12.4. The molecule has 2 aromatic rings. The van der Waals surface area contributed by atoms with E-state index in [1.807, 2.05) is 13.0 Å². The maximum atomic E-state index is 11.9. The molecule has 96 valence electrons. The second-order valence-electron chi connectivity index (χ2n) is 4.02. The lowest BCUT2D eigenvalue weighted by molar-refractivity contribution is -0.124. The summed E-state index contributed by atoms with van der Waals surface area (Å²) in [6, 6.07) is 1.47. The van der Waals surface area contributed by atoms with Crippen molar-refractivity contribution >= 4 is 21.8 Å². The van der Waals surface area contributed by atoms with Crippen LogP contribution in [-0.2, 0) is 11.3 Å². The lowest BCUT2D eigenvalue weighted by Gasteiger charge is -2.11. The van der Waals surface area contributed by atoms with Crippen molar-refractivity contribution in [3.05, 3.63) is 34.3 Å². The van der Waals surface area contributed by atoms with E-state index in [-0.39, 0.29) is 11.9 Å². The van der Waals surface area contributed by atoms with Crippen LogP contribution in [0.4, 0.5) is 0 Å². The number of nitrogens with one attached hydrogen (secondary N) is 2. The van der Waals surface area contributed by atoms with Gasteiger partial charge in [0.1, 0.15) is 6.04 Å². The lowest BCUT2D eigenvalue weighted by Crippen LogP contribution is -2.31. The second kappa shape index (κ2) is 5.34. The first-order valence-electron chi connectivity index (χ1n) is 5.55. The van der Waals surface area contributed by atoms with Crippen LogP contribution in [0.15, 0.2) is 22.9 Å². The Morgan fingerprint density at radius 3 is 3.00 bits per heavy atom. The van der Waals surface area contributed by atoms with Gasteiger partial charge in [0.2, 0.25) is 5.91 Å². The van der Waals surface area contributed by atoms with Gasteiger partial charge in [0.05, 0.1) is 22.4 Å². The summed E-state index contributed by atoms with van der Waals surface area (Å²) < 4.78 is 2.54. The van der Waals surface area contributed by atoms with E-state index >= 15 is 0 Å². The average molecular weight is 312 g/mol. The molecule has 2 N–H and O–H groups in total. The van der Waals surface area contributed by atoms with Gasteiger partial charge in [0.15, 0.2) is 0 Å². The van der Waals surface area contributed by atoms with Gasteiger partial charge in [-0.3, -0.25) is 14.6 Å². The minimum Gasteiger partial charge on any atom is -0.349 e. The number of halogens is 1. The Labute approximate surface area is 113 Å². The van der Waals surface area contributed by atoms with Crippen LogP contribution in [0.3, 0.4) is 0 Å². The van der Waals surface area contributed by atoms with Crippen molar-refractivity contribution in [2.75, 3.05) is 0 Å². The van der Waals surface area contributed by atoms with Gasteiger partial charge in [-0.25, -0.2) is 0 Å².